The zero-order valence-electron chi connectivity index (χ0n) is 11.0. The third kappa shape index (κ3) is 3.02. The molecule has 1 aromatic rings. The van der Waals surface area contributed by atoms with Crippen molar-refractivity contribution < 1.29 is 14.3 Å². The summed E-state index contributed by atoms with van der Waals surface area (Å²) in [7, 11) is 0. The Morgan fingerprint density at radius 3 is 2.63 bits per heavy atom. The lowest BCUT2D eigenvalue weighted by Crippen LogP contribution is -2.42. The third-order valence-electron chi connectivity index (χ3n) is 3.11. The first-order valence-corrected chi connectivity index (χ1v) is 6.33. The Morgan fingerprint density at radius 1 is 1.32 bits per heavy atom. The van der Waals surface area contributed by atoms with Gasteiger partial charge in [-0.2, -0.15) is 0 Å². The summed E-state index contributed by atoms with van der Waals surface area (Å²) in [6.07, 6.45) is 1.46. The molecule has 1 amide bonds. The molecular weight excluding hydrogens is 242 g/mol. The molecule has 0 spiro atoms. The molecule has 1 aromatic carbocycles. The van der Waals surface area contributed by atoms with Gasteiger partial charge in [0.2, 0.25) is 5.91 Å². The Morgan fingerprint density at radius 2 is 2.00 bits per heavy atom. The van der Waals surface area contributed by atoms with Crippen LogP contribution in [0.15, 0.2) is 42.5 Å². The molecule has 1 saturated heterocycles. The van der Waals surface area contributed by atoms with E-state index in [4.69, 9.17) is 4.74 Å². The Kier molecular flexibility index (Phi) is 4.00. The van der Waals surface area contributed by atoms with Gasteiger partial charge in [-0.05, 0) is 31.9 Å². The van der Waals surface area contributed by atoms with Crippen LogP contribution in [0.2, 0.25) is 0 Å². The van der Waals surface area contributed by atoms with Crippen LogP contribution in [0, 0.1) is 0 Å². The molecule has 4 heteroatoms. The first-order chi connectivity index (χ1) is 9.09. The summed E-state index contributed by atoms with van der Waals surface area (Å²) in [6, 6.07) is 8.39. The van der Waals surface area contributed by atoms with Gasteiger partial charge < -0.3 is 9.64 Å². The Labute approximate surface area is 112 Å². The van der Waals surface area contributed by atoms with Gasteiger partial charge in [0.1, 0.15) is 11.8 Å². The van der Waals surface area contributed by atoms with Crippen molar-refractivity contribution in [2.24, 2.45) is 0 Å². The normalized spacial score (nSPS) is 18.2. The second-order valence-corrected chi connectivity index (χ2v) is 4.67. The van der Waals surface area contributed by atoms with Crippen LogP contribution in [0.1, 0.15) is 19.8 Å². The minimum atomic E-state index is -0.496. The van der Waals surface area contributed by atoms with E-state index in [1.54, 1.807) is 36.1 Å². The summed E-state index contributed by atoms with van der Waals surface area (Å²) in [6.45, 7) is 5.87. The average molecular weight is 259 g/mol. The summed E-state index contributed by atoms with van der Waals surface area (Å²) < 4.78 is 5.30. The highest BCUT2D eigenvalue weighted by Crippen LogP contribution is 2.21. The molecular formula is C15H17NO3. The van der Waals surface area contributed by atoms with E-state index in [0.717, 1.165) is 6.42 Å². The predicted molar refractivity (Wildman–Crippen MR) is 71.6 cm³/mol. The van der Waals surface area contributed by atoms with Crippen LogP contribution in [0.5, 0.6) is 5.75 Å². The van der Waals surface area contributed by atoms with Crippen molar-refractivity contribution in [3.05, 3.63) is 42.5 Å². The Hall–Kier alpha value is -2.10. The van der Waals surface area contributed by atoms with Crippen molar-refractivity contribution in [2.75, 3.05) is 6.54 Å². The van der Waals surface area contributed by atoms with Gasteiger partial charge in [-0.1, -0.05) is 24.8 Å². The molecule has 1 aliphatic heterocycles. The molecule has 0 N–H and O–H groups in total. The smallest absolute Gasteiger partial charge is 0.334 e. The number of benzene rings is 1. The van der Waals surface area contributed by atoms with Gasteiger partial charge >= 0.3 is 5.97 Å². The van der Waals surface area contributed by atoms with E-state index in [1.165, 1.54) is 0 Å². The number of para-hydroxylation sites is 1. The van der Waals surface area contributed by atoms with Crippen LogP contribution >= 0.6 is 0 Å². The molecule has 0 aliphatic carbocycles. The lowest BCUT2D eigenvalue weighted by atomic mass is 10.2. The summed E-state index contributed by atoms with van der Waals surface area (Å²) in [5.74, 6) is -0.0482. The van der Waals surface area contributed by atoms with Crippen LogP contribution in [0.3, 0.4) is 0 Å². The van der Waals surface area contributed by atoms with Gasteiger partial charge in [0.25, 0.3) is 0 Å². The highest BCUT2D eigenvalue weighted by atomic mass is 16.5. The number of nitrogens with zero attached hydrogens (tertiary/aromatic N) is 1. The number of hydrogen-bond acceptors (Lipinski definition) is 3. The van der Waals surface area contributed by atoms with Crippen LogP contribution in [0.25, 0.3) is 0 Å². The molecule has 0 radical (unpaired) electrons. The largest absolute Gasteiger partial charge is 0.425 e. The SMILES string of the molecule is C=C(C)C(=O)N1CCC[C@H]1C(=O)Oc1ccccc1. The lowest BCUT2D eigenvalue weighted by molar-refractivity contribution is -0.144. The monoisotopic (exact) mass is 259 g/mol. The van der Waals surface area contributed by atoms with Crippen molar-refractivity contribution >= 4 is 11.9 Å². The predicted octanol–water partition coefficient (Wildman–Crippen LogP) is 2.16. The van der Waals surface area contributed by atoms with Crippen molar-refractivity contribution in [3.63, 3.8) is 0 Å². The molecule has 2 rings (SSSR count). The van der Waals surface area contributed by atoms with E-state index in [1.807, 2.05) is 6.07 Å². The third-order valence-corrected chi connectivity index (χ3v) is 3.11. The fourth-order valence-electron chi connectivity index (χ4n) is 2.17. The van der Waals surface area contributed by atoms with Crippen LogP contribution in [0.4, 0.5) is 0 Å². The number of esters is 1. The minimum Gasteiger partial charge on any atom is -0.425 e. The molecule has 0 unspecified atom stereocenters. The van der Waals surface area contributed by atoms with E-state index < -0.39 is 6.04 Å². The molecule has 1 atom stereocenters. The lowest BCUT2D eigenvalue weighted by Gasteiger charge is -2.23. The van der Waals surface area contributed by atoms with Crippen molar-refractivity contribution in [2.45, 2.75) is 25.8 Å². The molecule has 0 saturated carbocycles. The molecule has 1 heterocycles. The van der Waals surface area contributed by atoms with E-state index in [9.17, 15) is 9.59 Å². The maximum atomic E-state index is 12.1. The molecule has 19 heavy (non-hydrogen) atoms. The number of likely N-dealkylation sites (tertiary alicyclic amines) is 1. The number of hydrogen-bond donors (Lipinski definition) is 0. The molecule has 0 bridgehead atoms. The Bertz CT molecular complexity index is 495. The van der Waals surface area contributed by atoms with Crippen LogP contribution < -0.4 is 4.74 Å². The maximum absolute atomic E-state index is 12.1. The van der Waals surface area contributed by atoms with E-state index >= 15 is 0 Å². The van der Waals surface area contributed by atoms with E-state index in [2.05, 4.69) is 6.58 Å². The van der Waals surface area contributed by atoms with Gasteiger partial charge in [-0.15, -0.1) is 0 Å². The summed E-state index contributed by atoms with van der Waals surface area (Å²) in [4.78, 5) is 25.6. The van der Waals surface area contributed by atoms with Crippen LogP contribution in [-0.4, -0.2) is 29.4 Å². The van der Waals surface area contributed by atoms with Gasteiger partial charge in [0, 0.05) is 12.1 Å². The van der Waals surface area contributed by atoms with E-state index in [0.29, 0.717) is 24.3 Å². The topological polar surface area (TPSA) is 46.6 Å². The fourth-order valence-corrected chi connectivity index (χ4v) is 2.17. The number of carbonyl (C=O) groups is 2. The minimum absolute atomic E-state index is 0.174. The molecule has 1 aliphatic rings. The van der Waals surface area contributed by atoms with E-state index in [-0.39, 0.29) is 11.9 Å². The molecule has 0 aromatic heterocycles. The first-order valence-electron chi connectivity index (χ1n) is 6.33. The van der Waals surface area contributed by atoms with Crippen molar-refractivity contribution in [3.8, 4) is 5.75 Å². The molecule has 4 nitrogen and oxygen atoms in total. The highest BCUT2D eigenvalue weighted by molar-refractivity contribution is 5.95. The highest BCUT2D eigenvalue weighted by Gasteiger charge is 2.35. The quantitative estimate of drug-likeness (QED) is 0.475. The standard InChI is InChI=1S/C15H17NO3/c1-11(2)14(17)16-10-6-9-13(16)15(18)19-12-7-4-3-5-8-12/h3-5,7-8,13H,1,6,9-10H2,2H3/t13-/m0/s1. The van der Waals surface area contributed by atoms with Crippen molar-refractivity contribution in [1.82, 2.24) is 4.90 Å². The van der Waals surface area contributed by atoms with Crippen LogP contribution in [-0.2, 0) is 9.59 Å². The Balaban J connectivity index is 2.06. The molecule has 1 fully saturated rings. The zero-order valence-corrected chi connectivity index (χ0v) is 11.0. The second kappa shape index (κ2) is 5.69. The van der Waals surface area contributed by atoms with Gasteiger partial charge in [-0.25, -0.2) is 4.79 Å². The molecule has 100 valence electrons. The van der Waals surface area contributed by atoms with Gasteiger partial charge in [0.15, 0.2) is 0 Å². The second-order valence-electron chi connectivity index (χ2n) is 4.67. The average Bonchev–Trinajstić information content (AvgIpc) is 2.88. The number of rotatable bonds is 3. The number of carbonyl (C=O) groups excluding carboxylic acids is 2. The maximum Gasteiger partial charge on any atom is 0.334 e. The fraction of sp³-hybridized carbons (Fsp3) is 0.333. The first kappa shape index (κ1) is 13.3. The summed E-state index contributed by atoms with van der Waals surface area (Å²) >= 11 is 0. The van der Waals surface area contributed by atoms with Gasteiger partial charge in [-0.3, -0.25) is 4.79 Å². The van der Waals surface area contributed by atoms with Crippen molar-refractivity contribution in [1.29, 1.82) is 0 Å². The van der Waals surface area contributed by atoms with Gasteiger partial charge in [0.05, 0.1) is 0 Å². The summed E-state index contributed by atoms with van der Waals surface area (Å²) in [5.41, 5.74) is 0.444. The zero-order chi connectivity index (χ0) is 13.8. The number of ether oxygens (including phenoxy) is 1. The summed E-state index contributed by atoms with van der Waals surface area (Å²) in [5, 5.41) is 0. The number of amides is 1.